The summed E-state index contributed by atoms with van der Waals surface area (Å²) in [7, 11) is 0. The van der Waals surface area contributed by atoms with E-state index in [4.69, 9.17) is 9.47 Å². The van der Waals surface area contributed by atoms with Crippen molar-refractivity contribution < 1.29 is 28.7 Å². The predicted molar refractivity (Wildman–Crippen MR) is 130 cm³/mol. The van der Waals surface area contributed by atoms with Crippen molar-refractivity contribution in [2.45, 2.75) is 20.3 Å². The van der Waals surface area contributed by atoms with Crippen molar-refractivity contribution in [1.29, 1.82) is 0 Å². The zero-order valence-electron chi connectivity index (χ0n) is 19.5. The van der Waals surface area contributed by atoms with Crippen LogP contribution in [-0.4, -0.2) is 36.8 Å². The van der Waals surface area contributed by atoms with Crippen LogP contribution in [0.15, 0.2) is 72.8 Å². The van der Waals surface area contributed by atoms with Crippen molar-refractivity contribution in [3.63, 3.8) is 0 Å². The first-order valence-corrected chi connectivity index (χ1v) is 11.3. The fourth-order valence-corrected chi connectivity index (χ4v) is 3.90. The normalized spacial score (nSPS) is 15.1. The van der Waals surface area contributed by atoms with E-state index in [1.165, 1.54) is 24.3 Å². The Labute approximate surface area is 203 Å². The molecule has 0 spiro atoms. The molecule has 3 aromatic carbocycles. The number of carbonyl (C=O) groups is 4. The lowest BCUT2D eigenvalue weighted by molar-refractivity contribution is -0.147. The van der Waals surface area contributed by atoms with Crippen LogP contribution in [0.4, 0.5) is 5.69 Å². The van der Waals surface area contributed by atoms with Crippen LogP contribution in [0.2, 0.25) is 0 Å². The highest BCUT2D eigenvalue weighted by Gasteiger charge is 2.37. The van der Waals surface area contributed by atoms with Gasteiger partial charge in [-0.15, -0.1) is 0 Å². The number of hydrogen-bond donors (Lipinski definition) is 0. The van der Waals surface area contributed by atoms with E-state index in [1.54, 1.807) is 35.2 Å². The van der Waals surface area contributed by atoms with Crippen LogP contribution in [0, 0.1) is 19.8 Å². The number of rotatable bonds is 7. The zero-order valence-corrected chi connectivity index (χ0v) is 19.5. The number of anilines is 1. The molecule has 35 heavy (non-hydrogen) atoms. The van der Waals surface area contributed by atoms with Crippen LogP contribution in [-0.2, 0) is 14.3 Å². The minimum atomic E-state index is -0.630. The molecule has 1 atom stereocenters. The van der Waals surface area contributed by atoms with Gasteiger partial charge in [0, 0.05) is 24.2 Å². The lowest BCUT2D eigenvalue weighted by Crippen LogP contribution is -2.27. The molecular formula is C28H25NO6. The van der Waals surface area contributed by atoms with Gasteiger partial charge in [-0.25, -0.2) is 4.79 Å². The predicted octanol–water partition coefficient (Wildman–Crippen LogP) is 4.30. The van der Waals surface area contributed by atoms with Gasteiger partial charge in [-0.05, 0) is 67.4 Å². The fourth-order valence-electron chi connectivity index (χ4n) is 3.90. The van der Waals surface area contributed by atoms with E-state index in [-0.39, 0.29) is 18.9 Å². The maximum Gasteiger partial charge on any atom is 0.343 e. The molecule has 178 valence electrons. The van der Waals surface area contributed by atoms with Gasteiger partial charge in [0.05, 0.1) is 11.5 Å². The molecule has 1 aliphatic heterocycles. The van der Waals surface area contributed by atoms with E-state index in [0.29, 0.717) is 16.9 Å². The van der Waals surface area contributed by atoms with Crippen molar-refractivity contribution in [3.8, 4) is 5.75 Å². The van der Waals surface area contributed by atoms with Gasteiger partial charge in [-0.3, -0.25) is 14.4 Å². The Morgan fingerprint density at radius 2 is 1.63 bits per heavy atom. The molecule has 1 aliphatic rings. The fraction of sp³-hybridized carbons (Fsp3) is 0.214. The first-order chi connectivity index (χ1) is 16.8. The molecule has 1 saturated heterocycles. The van der Waals surface area contributed by atoms with Crippen molar-refractivity contribution >= 4 is 29.3 Å². The largest absolute Gasteiger partial charge is 0.457 e. The van der Waals surface area contributed by atoms with Crippen LogP contribution >= 0.6 is 0 Å². The summed E-state index contributed by atoms with van der Waals surface area (Å²) in [6.45, 7) is 3.65. The third-order valence-corrected chi connectivity index (χ3v) is 5.86. The average Bonchev–Trinajstić information content (AvgIpc) is 3.26. The summed E-state index contributed by atoms with van der Waals surface area (Å²) in [5.74, 6) is -1.95. The minimum Gasteiger partial charge on any atom is -0.457 e. The number of Topliss-reactive ketones (excluding diaryl/α,β-unsaturated/α-hetero) is 1. The van der Waals surface area contributed by atoms with Gasteiger partial charge in [0.25, 0.3) is 0 Å². The second-order valence-electron chi connectivity index (χ2n) is 8.51. The molecule has 1 amide bonds. The number of nitrogens with zero attached hydrogens (tertiary/aromatic N) is 1. The molecule has 0 aromatic heterocycles. The second-order valence-corrected chi connectivity index (χ2v) is 8.51. The van der Waals surface area contributed by atoms with Crippen molar-refractivity contribution in [3.05, 3.63) is 95.1 Å². The van der Waals surface area contributed by atoms with Crippen molar-refractivity contribution in [2.24, 2.45) is 5.92 Å². The van der Waals surface area contributed by atoms with Gasteiger partial charge < -0.3 is 14.4 Å². The maximum absolute atomic E-state index is 12.6. The average molecular weight is 472 g/mol. The number of hydrogen-bond acceptors (Lipinski definition) is 6. The number of amides is 1. The molecule has 3 aromatic rings. The summed E-state index contributed by atoms with van der Waals surface area (Å²) in [4.78, 5) is 51.3. The van der Waals surface area contributed by atoms with E-state index >= 15 is 0 Å². The number of benzene rings is 3. The Morgan fingerprint density at radius 1 is 0.914 bits per heavy atom. The molecule has 1 fully saturated rings. The Bertz CT molecular complexity index is 1270. The highest BCUT2D eigenvalue weighted by atomic mass is 16.5. The summed E-state index contributed by atoms with van der Waals surface area (Å²) in [5, 5.41) is 0. The van der Waals surface area contributed by atoms with Crippen molar-refractivity contribution in [1.82, 2.24) is 0 Å². The smallest absolute Gasteiger partial charge is 0.343 e. The third kappa shape index (κ3) is 5.63. The molecule has 0 radical (unpaired) electrons. The molecule has 0 unspecified atom stereocenters. The minimum absolute atomic E-state index is 0.0435. The standard InChI is InChI=1S/C28H25NO6/c1-18-8-9-19(2)24(14-18)29-16-22(15-26(29)31)27(32)34-17-25(30)20-10-12-23(13-11-20)35-28(33)21-6-4-3-5-7-21/h3-14,22H,15-17H2,1-2H3/t22-/m1/s1. The Kier molecular flexibility index (Phi) is 7.06. The number of ether oxygens (including phenoxy) is 2. The number of ketones is 1. The van der Waals surface area contributed by atoms with Crippen molar-refractivity contribution in [2.75, 3.05) is 18.1 Å². The van der Waals surface area contributed by atoms with Gasteiger partial charge in [-0.2, -0.15) is 0 Å². The van der Waals surface area contributed by atoms with E-state index in [1.807, 2.05) is 32.0 Å². The highest BCUT2D eigenvalue weighted by molar-refractivity contribution is 6.01. The van der Waals surface area contributed by atoms with E-state index in [2.05, 4.69) is 0 Å². The Hall–Kier alpha value is -4.26. The summed E-state index contributed by atoms with van der Waals surface area (Å²) < 4.78 is 10.5. The molecule has 0 bridgehead atoms. The molecule has 0 saturated carbocycles. The Morgan fingerprint density at radius 3 is 2.34 bits per heavy atom. The quantitative estimate of drug-likeness (QED) is 0.290. The molecular weight excluding hydrogens is 446 g/mol. The monoisotopic (exact) mass is 471 g/mol. The molecule has 7 nitrogen and oxygen atoms in total. The number of aryl methyl sites for hydroxylation is 2. The Balaban J connectivity index is 1.30. The van der Waals surface area contributed by atoms with Crippen LogP contribution in [0.1, 0.15) is 38.3 Å². The van der Waals surface area contributed by atoms with Gasteiger partial charge in [0.1, 0.15) is 5.75 Å². The lowest BCUT2D eigenvalue weighted by atomic mass is 10.1. The third-order valence-electron chi connectivity index (χ3n) is 5.86. The molecule has 0 N–H and O–H groups in total. The summed E-state index contributed by atoms with van der Waals surface area (Å²) in [6.07, 6.45) is 0.0435. The zero-order chi connectivity index (χ0) is 24.9. The first-order valence-electron chi connectivity index (χ1n) is 11.3. The van der Waals surface area contributed by atoms with Gasteiger partial charge in [0.2, 0.25) is 5.91 Å². The molecule has 7 heteroatoms. The lowest BCUT2D eigenvalue weighted by Gasteiger charge is -2.19. The first kappa shape index (κ1) is 23.9. The topological polar surface area (TPSA) is 90.0 Å². The summed E-state index contributed by atoms with van der Waals surface area (Å²) >= 11 is 0. The van der Waals surface area contributed by atoms with Crippen LogP contribution in [0.3, 0.4) is 0 Å². The van der Waals surface area contributed by atoms with Crippen LogP contribution < -0.4 is 9.64 Å². The maximum atomic E-state index is 12.6. The number of esters is 2. The summed E-state index contributed by atoms with van der Waals surface area (Å²) in [5.41, 5.74) is 3.49. The molecule has 1 heterocycles. The van der Waals surface area contributed by atoms with Crippen LogP contribution in [0.5, 0.6) is 5.75 Å². The van der Waals surface area contributed by atoms with Gasteiger partial charge >= 0.3 is 11.9 Å². The van der Waals surface area contributed by atoms with E-state index < -0.39 is 30.2 Å². The highest BCUT2D eigenvalue weighted by Crippen LogP contribution is 2.29. The van der Waals surface area contributed by atoms with Gasteiger partial charge in [0.15, 0.2) is 12.4 Å². The molecule has 0 aliphatic carbocycles. The second kappa shape index (κ2) is 10.3. The van der Waals surface area contributed by atoms with E-state index in [0.717, 1.165) is 16.8 Å². The summed E-state index contributed by atoms with van der Waals surface area (Å²) in [6, 6.07) is 20.4. The van der Waals surface area contributed by atoms with E-state index in [9.17, 15) is 19.2 Å². The number of carbonyl (C=O) groups excluding carboxylic acids is 4. The van der Waals surface area contributed by atoms with Crippen LogP contribution in [0.25, 0.3) is 0 Å². The molecule has 4 rings (SSSR count). The SMILES string of the molecule is Cc1ccc(C)c(N2C[C@H](C(=O)OCC(=O)c3ccc(OC(=O)c4ccccc4)cc3)CC2=O)c1. The van der Waals surface area contributed by atoms with Gasteiger partial charge in [-0.1, -0.05) is 30.3 Å².